The number of nitrogens with zero attached hydrogens (tertiary/aromatic N) is 2. The Kier molecular flexibility index (Phi) is 6.08. The Labute approximate surface area is 108 Å². The van der Waals surface area contributed by atoms with Gasteiger partial charge in [-0.2, -0.15) is 10.5 Å². The topological polar surface area (TPSA) is 231 Å². The average Bonchev–Trinajstić information content (AvgIpc) is 2.69. The van der Waals surface area contributed by atoms with Crippen molar-refractivity contribution in [1.29, 1.82) is 10.5 Å². The van der Waals surface area contributed by atoms with Crippen LogP contribution in [0.3, 0.4) is 0 Å². The first kappa shape index (κ1) is 16.2. The number of amides is 2. The van der Waals surface area contributed by atoms with E-state index in [1.165, 1.54) is 12.1 Å². The number of aromatic nitrogens is 4. The van der Waals surface area contributed by atoms with Gasteiger partial charge in [-0.15, -0.1) is 0 Å². The van der Waals surface area contributed by atoms with Crippen molar-refractivity contribution in [3.05, 3.63) is 31.3 Å². The minimum absolute atomic E-state index is 0.0413. The summed E-state index contributed by atoms with van der Waals surface area (Å²) in [5.74, 6) is 0. The van der Waals surface area contributed by atoms with E-state index in [9.17, 15) is 14.4 Å². The lowest BCUT2D eigenvalue weighted by Gasteiger charge is -1.83. The van der Waals surface area contributed by atoms with Crippen LogP contribution in [0.1, 0.15) is 0 Å². The van der Waals surface area contributed by atoms with Crippen LogP contribution in [0.4, 0.5) is 4.79 Å². The molecule has 2 heterocycles. The fourth-order valence-electron chi connectivity index (χ4n) is 0.958. The Hall–Kier alpha value is -3.80. The van der Waals surface area contributed by atoms with Crippen molar-refractivity contribution in [1.82, 2.24) is 19.9 Å². The normalized spacial score (nSPS) is 8.10. The van der Waals surface area contributed by atoms with Gasteiger partial charge in [-0.05, 0) is 0 Å². The number of carbonyl (C=O) groups excluding carboxylic acids is 1. The van der Waals surface area contributed by atoms with Crippen LogP contribution in [0.5, 0.6) is 0 Å². The highest BCUT2D eigenvalue weighted by atomic mass is 16.2. The second-order valence-electron chi connectivity index (χ2n) is 2.86. The quantitative estimate of drug-likeness (QED) is 0.300. The van der Waals surface area contributed by atoms with Gasteiger partial charge in [-0.3, -0.25) is 24.7 Å². The summed E-state index contributed by atoms with van der Waals surface area (Å²) in [7, 11) is 0. The summed E-state index contributed by atoms with van der Waals surface area (Å²) in [6.07, 6.45) is 0. The molecule has 0 unspecified atom stereocenters. The number of hydrogen-bond donors (Lipinski definition) is 6. The maximum Gasteiger partial charge on any atom is 0.327 e. The average molecular weight is 280 g/mol. The summed E-state index contributed by atoms with van der Waals surface area (Å²) in [4.78, 5) is 50.0. The van der Waals surface area contributed by atoms with Crippen molar-refractivity contribution in [2.24, 2.45) is 11.5 Å². The van der Waals surface area contributed by atoms with Crippen molar-refractivity contribution in [2.75, 3.05) is 0 Å². The number of H-pyrrole nitrogens is 4. The molecule has 0 aromatic carbocycles. The Morgan fingerprint density at radius 1 is 0.900 bits per heavy atom. The second-order valence-corrected chi connectivity index (χ2v) is 2.86. The zero-order valence-electron chi connectivity index (χ0n) is 9.68. The molecule has 0 spiro atoms. The molecular formula is C8H8N8O4. The Morgan fingerprint density at radius 2 is 1.30 bits per heavy atom. The van der Waals surface area contributed by atoms with Crippen LogP contribution in [-0.4, -0.2) is 26.0 Å². The zero-order valence-corrected chi connectivity index (χ0v) is 9.68. The van der Waals surface area contributed by atoms with Crippen LogP contribution in [0, 0.1) is 22.7 Å². The molecule has 104 valence electrons. The standard InChI is InChI=1S/C5H4N4O3.C2N2.CH4N2O/c10-3-1-2(7-4(11)6-1)8-5(12)9-3;3-1-2-4;2-1(3)4/h(H4,6,7,8,9,10,11,12);;(H4,2,3,4). The highest BCUT2D eigenvalue weighted by Gasteiger charge is 2.02. The number of fused-ring (bicyclic) bond motifs is 1. The second kappa shape index (κ2) is 7.51. The number of nitriles is 2. The number of rotatable bonds is 0. The van der Waals surface area contributed by atoms with Crippen LogP contribution >= 0.6 is 0 Å². The smallest absolute Gasteiger partial charge is 0.327 e. The van der Waals surface area contributed by atoms with Gasteiger partial charge in [-0.1, -0.05) is 0 Å². The van der Waals surface area contributed by atoms with Gasteiger partial charge in [0.2, 0.25) is 0 Å². The number of aromatic amines is 4. The first-order valence-electron chi connectivity index (χ1n) is 4.59. The van der Waals surface area contributed by atoms with Crippen LogP contribution in [0.15, 0.2) is 14.4 Å². The molecule has 2 aromatic heterocycles. The Bertz CT molecular complexity index is 822. The molecule has 2 aromatic rings. The molecule has 0 aliphatic carbocycles. The predicted molar refractivity (Wildman–Crippen MR) is 65.2 cm³/mol. The maximum atomic E-state index is 10.9. The highest BCUT2D eigenvalue weighted by Crippen LogP contribution is 1.88. The molecule has 2 rings (SSSR count). The molecular weight excluding hydrogens is 272 g/mol. The van der Waals surface area contributed by atoms with Gasteiger partial charge in [0.1, 0.15) is 11.2 Å². The van der Waals surface area contributed by atoms with Crippen molar-refractivity contribution < 1.29 is 4.79 Å². The first-order chi connectivity index (χ1) is 9.31. The number of urea groups is 1. The zero-order chi connectivity index (χ0) is 15.7. The SMILES string of the molecule is N#CC#N.NC(N)=O.O=c1[nH]c(=O)c2[nH]c(=O)[nH]c2[nH]1. The van der Waals surface area contributed by atoms with Crippen molar-refractivity contribution in [3.8, 4) is 12.1 Å². The number of carbonyl (C=O) groups is 1. The van der Waals surface area contributed by atoms with Crippen molar-refractivity contribution in [3.63, 3.8) is 0 Å². The minimum atomic E-state index is -0.833. The van der Waals surface area contributed by atoms with Gasteiger partial charge in [0.15, 0.2) is 12.1 Å². The molecule has 0 saturated heterocycles. The third-order valence-electron chi connectivity index (χ3n) is 1.47. The van der Waals surface area contributed by atoms with E-state index >= 15 is 0 Å². The van der Waals surface area contributed by atoms with E-state index in [4.69, 9.17) is 15.3 Å². The first-order valence-corrected chi connectivity index (χ1v) is 4.59. The van der Waals surface area contributed by atoms with Crippen LogP contribution in [0.2, 0.25) is 0 Å². The van der Waals surface area contributed by atoms with E-state index in [0.29, 0.717) is 0 Å². The third kappa shape index (κ3) is 5.51. The monoisotopic (exact) mass is 280 g/mol. The molecule has 0 bridgehead atoms. The molecule has 8 N–H and O–H groups in total. The molecule has 0 fully saturated rings. The molecule has 2 amide bonds. The third-order valence-corrected chi connectivity index (χ3v) is 1.47. The van der Waals surface area contributed by atoms with E-state index < -0.39 is 23.0 Å². The maximum absolute atomic E-state index is 10.9. The highest BCUT2D eigenvalue weighted by molar-refractivity contribution is 5.69. The van der Waals surface area contributed by atoms with Crippen molar-refractivity contribution >= 4 is 17.2 Å². The largest absolute Gasteiger partial charge is 0.352 e. The van der Waals surface area contributed by atoms with Gasteiger partial charge in [-0.25, -0.2) is 14.4 Å². The molecule has 12 nitrogen and oxygen atoms in total. The van der Waals surface area contributed by atoms with Crippen LogP contribution in [0.25, 0.3) is 11.2 Å². The minimum Gasteiger partial charge on any atom is -0.352 e. The van der Waals surface area contributed by atoms with Crippen LogP contribution in [-0.2, 0) is 0 Å². The van der Waals surface area contributed by atoms with E-state index in [2.05, 4.69) is 26.4 Å². The summed E-state index contributed by atoms with van der Waals surface area (Å²) in [6.45, 7) is 0. The summed E-state index contributed by atoms with van der Waals surface area (Å²) in [6, 6.07) is 1.64. The molecule has 0 atom stereocenters. The van der Waals surface area contributed by atoms with E-state index in [1.54, 1.807) is 0 Å². The van der Waals surface area contributed by atoms with E-state index in [0.717, 1.165) is 0 Å². The molecule has 12 heteroatoms. The van der Waals surface area contributed by atoms with Gasteiger partial charge in [0.25, 0.3) is 5.56 Å². The lowest BCUT2D eigenvalue weighted by atomic mass is 10.5. The summed E-state index contributed by atoms with van der Waals surface area (Å²) in [5, 5.41) is 14.5. The van der Waals surface area contributed by atoms with E-state index in [-0.39, 0.29) is 11.2 Å². The van der Waals surface area contributed by atoms with Crippen LogP contribution < -0.4 is 28.4 Å². The van der Waals surface area contributed by atoms with Crippen molar-refractivity contribution in [2.45, 2.75) is 0 Å². The summed E-state index contributed by atoms with van der Waals surface area (Å²) in [5.41, 5.74) is 6.85. The molecule has 0 aliphatic rings. The Morgan fingerprint density at radius 3 is 1.70 bits per heavy atom. The number of hydrogen-bond acceptors (Lipinski definition) is 6. The van der Waals surface area contributed by atoms with Gasteiger partial charge in [0.05, 0.1) is 0 Å². The molecule has 0 saturated carbocycles. The van der Waals surface area contributed by atoms with Gasteiger partial charge in [0, 0.05) is 0 Å². The number of imidazole rings is 1. The number of nitrogens with one attached hydrogen (secondary N) is 4. The summed E-state index contributed by atoms with van der Waals surface area (Å²) >= 11 is 0. The molecule has 0 radical (unpaired) electrons. The van der Waals surface area contributed by atoms with E-state index in [1.807, 2.05) is 4.98 Å². The lowest BCUT2D eigenvalue weighted by Crippen LogP contribution is -2.21. The lowest BCUT2D eigenvalue weighted by molar-refractivity contribution is 0.256. The fraction of sp³-hybridized carbons (Fsp3) is 0. The molecule has 20 heavy (non-hydrogen) atoms. The number of primary amides is 2. The predicted octanol–water partition coefficient (Wildman–Crippen LogP) is -2.71. The summed E-state index contributed by atoms with van der Waals surface area (Å²) < 4.78 is 0. The Balaban J connectivity index is 0.000000380. The fourth-order valence-corrected chi connectivity index (χ4v) is 0.958. The number of nitrogens with two attached hydrogens (primary N) is 2. The molecule has 0 aliphatic heterocycles. The van der Waals surface area contributed by atoms with Gasteiger partial charge < -0.3 is 11.5 Å². The van der Waals surface area contributed by atoms with Gasteiger partial charge >= 0.3 is 17.4 Å².